The monoisotopic (exact) mass is 431 g/mol. The van der Waals surface area contributed by atoms with E-state index in [4.69, 9.17) is 14.6 Å². The molecule has 0 saturated heterocycles. The number of aromatic nitrogens is 4. The Hall–Kier alpha value is -3.94. The molecule has 4 aromatic rings. The molecular weight excluding hydrogens is 406 g/mol. The minimum Gasteiger partial charge on any atom is -0.472 e. The number of methoxy groups -OCH3 is 1. The minimum atomic E-state index is -0.907. The summed E-state index contributed by atoms with van der Waals surface area (Å²) < 4.78 is 13.0. The zero-order valence-electron chi connectivity index (χ0n) is 18.7. The summed E-state index contributed by atoms with van der Waals surface area (Å²) in [6.45, 7) is 3.90. The number of ether oxygens (including phenoxy) is 2. The van der Waals surface area contributed by atoms with E-state index >= 15 is 0 Å². The number of carbonyl (C=O) groups excluding carboxylic acids is 1. The van der Waals surface area contributed by atoms with Crippen LogP contribution < -0.4 is 9.64 Å². The van der Waals surface area contributed by atoms with Crippen LogP contribution in [0.5, 0.6) is 5.75 Å². The molecule has 0 amide bonds. The summed E-state index contributed by atoms with van der Waals surface area (Å²) >= 11 is 0. The van der Waals surface area contributed by atoms with Crippen LogP contribution >= 0.6 is 0 Å². The van der Waals surface area contributed by atoms with E-state index in [1.807, 2.05) is 92.1 Å². The molecule has 32 heavy (non-hydrogen) atoms. The van der Waals surface area contributed by atoms with E-state index in [0.29, 0.717) is 22.8 Å². The molecule has 4 rings (SSSR count). The van der Waals surface area contributed by atoms with Gasteiger partial charge in [-0.05, 0) is 26.0 Å². The average Bonchev–Trinajstić information content (AvgIpc) is 3.15. The van der Waals surface area contributed by atoms with Gasteiger partial charge in [0.15, 0.2) is 5.82 Å². The Labute approximate surface area is 186 Å². The Bertz CT molecular complexity index is 1270. The van der Waals surface area contributed by atoms with Gasteiger partial charge in [-0.15, -0.1) is 5.10 Å². The van der Waals surface area contributed by atoms with Crippen molar-refractivity contribution in [2.24, 2.45) is 0 Å². The van der Waals surface area contributed by atoms with Crippen molar-refractivity contribution >= 4 is 22.7 Å². The normalized spacial score (nSPS) is 11.9. The number of nitrogens with zero attached hydrogens (tertiary/aromatic N) is 5. The third-order valence-electron chi connectivity index (χ3n) is 5.26. The van der Waals surface area contributed by atoms with Crippen molar-refractivity contribution in [3.05, 3.63) is 71.5 Å². The molecule has 2 aromatic heterocycles. The maximum Gasteiger partial charge on any atom is 0.351 e. The maximum absolute atomic E-state index is 12.5. The van der Waals surface area contributed by atoms with Crippen molar-refractivity contribution in [2.75, 3.05) is 26.1 Å². The quantitative estimate of drug-likeness (QED) is 0.430. The van der Waals surface area contributed by atoms with Gasteiger partial charge in [-0.3, -0.25) is 0 Å². The molecule has 1 atom stereocenters. The molecule has 164 valence electrons. The van der Waals surface area contributed by atoms with Crippen molar-refractivity contribution in [3.8, 4) is 11.4 Å². The molecule has 0 radical (unpaired) electrons. The van der Waals surface area contributed by atoms with Gasteiger partial charge in [-0.2, -0.15) is 10.2 Å². The summed E-state index contributed by atoms with van der Waals surface area (Å²) in [5.74, 6) is 0.711. The van der Waals surface area contributed by atoms with Gasteiger partial charge >= 0.3 is 5.97 Å². The molecule has 0 spiro atoms. The summed E-state index contributed by atoms with van der Waals surface area (Å²) in [4.78, 5) is 14.4. The second kappa shape index (κ2) is 8.66. The molecule has 8 heteroatoms. The minimum absolute atomic E-state index is 0.479. The van der Waals surface area contributed by atoms with Crippen molar-refractivity contribution in [3.63, 3.8) is 0 Å². The lowest BCUT2D eigenvalue weighted by molar-refractivity contribution is -0.149. The highest BCUT2D eigenvalue weighted by Crippen LogP contribution is 2.33. The summed E-state index contributed by atoms with van der Waals surface area (Å²) in [7, 11) is 5.17. The predicted molar refractivity (Wildman–Crippen MR) is 122 cm³/mol. The van der Waals surface area contributed by atoms with E-state index in [-0.39, 0.29) is 0 Å². The molecule has 1 unspecified atom stereocenters. The number of hydrogen-bond donors (Lipinski definition) is 0. The van der Waals surface area contributed by atoms with Gasteiger partial charge < -0.3 is 14.4 Å². The average molecular weight is 431 g/mol. The molecule has 0 N–H and O–H groups in total. The predicted octanol–water partition coefficient (Wildman–Crippen LogP) is 3.79. The molecular formula is C24H25N5O3. The first-order chi connectivity index (χ1) is 15.4. The van der Waals surface area contributed by atoms with E-state index in [9.17, 15) is 4.79 Å². The van der Waals surface area contributed by atoms with Crippen LogP contribution in [0.25, 0.3) is 16.6 Å². The highest BCUT2D eigenvalue weighted by molar-refractivity contribution is 5.92. The molecule has 0 aliphatic rings. The second-order valence-electron chi connectivity index (χ2n) is 7.62. The Morgan fingerprint density at radius 1 is 1.00 bits per heavy atom. The van der Waals surface area contributed by atoms with Gasteiger partial charge in [0.05, 0.1) is 23.9 Å². The highest BCUT2D eigenvalue weighted by atomic mass is 16.6. The van der Waals surface area contributed by atoms with E-state index in [2.05, 4.69) is 10.2 Å². The van der Waals surface area contributed by atoms with Gasteiger partial charge in [0.2, 0.25) is 6.10 Å². The fourth-order valence-corrected chi connectivity index (χ4v) is 3.69. The van der Waals surface area contributed by atoms with E-state index in [1.54, 1.807) is 0 Å². The van der Waals surface area contributed by atoms with Crippen LogP contribution in [0.3, 0.4) is 0 Å². The topological polar surface area (TPSA) is 82.4 Å². The van der Waals surface area contributed by atoms with Gasteiger partial charge in [0.25, 0.3) is 0 Å². The van der Waals surface area contributed by atoms with Crippen molar-refractivity contribution in [1.29, 1.82) is 0 Å². The second-order valence-corrected chi connectivity index (χ2v) is 7.62. The van der Waals surface area contributed by atoms with E-state index in [1.165, 1.54) is 7.11 Å². The summed E-state index contributed by atoms with van der Waals surface area (Å²) in [5, 5.41) is 14.4. The molecule has 0 saturated carbocycles. The Kier molecular flexibility index (Phi) is 5.77. The van der Waals surface area contributed by atoms with E-state index < -0.39 is 12.1 Å². The van der Waals surface area contributed by atoms with Crippen molar-refractivity contribution in [2.45, 2.75) is 20.0 Å². The van der Waals surface area contributed by atoms with Crippen molar-refractivity contribution < 1.29 is 14.3 Å². The van der Waals surface area contributed by atoms with Gasteiger partial charge in [0, 0.05) is 19.7 Å². The van der Waals surface area contributed by atoms with E-state index in [0.717, 1.165) is 22.3 Å². The molecule has 8 nitrogen and oxygen atoms in total. The van der Waals surface area contributed by atoms with Gasteiger partial charge in [0.1, 0.15) is 17.0 Å². The third-order valence-corrected chi connectivity index (χ3v) is 5.26. The maximum atomic E-state index is 12.5. The fourth-order valence-electron chi connectivity index (χ4n) is 3.69. The van der Waals surface area contributed by atoms with Gasteiger partial charge in [-0.1, -0.05) is 42.5 Å². The molecule has 0 aliphatic carbocycles. The number of rotatable bonds is 6. The standard InChI is InChI=1S/C24H25N5O3/c1-15-20-16(2)29(27-21(20)23(26-25-15)28(3)4)18-13-9-10-14-19(18)32-22(24(30)31-5)17-11-7-6-8-12-17/h6-14,22H,1-5H3. The SMILES string of the molecule is COC(=O)C(Oc1ccccc1-n1nc2c(N(C)C)nnc(C)c2c1C)c1ccccc1. The zero-order valence-corrected chi connectivity index (χ0v) is 18.7. The Morgan fingerprint density at radius 2 is 1.69 bits per heavy atom. The molecule has 0 bridgehead atoms. The summed E-state index contributed by atoms with van der Waals surface area (Å²) in [5.41, 5.74) is 3.86. The first-order valence-corrected chi connectivity index (χ1v) is 10.2. The number of benzene rings is 2. The molecule has 2 aromatic carbocycles. The number of anilines is 1. The van der Waals surface area contributed by atoms with Crippen LogP contribution in [0.4, 0.5) is 5.82 Å². The smallest absolute Gasteiger partial charge is 0.351 e. The Morgan fingerprint density at radius 3 is 2.38 bits per heavy atom. The number of hydrogen-bond acceptors (Lipinski definition) is 7. The van der Waals surface area contributed by atoms with Crippen LogP contribution in [0.2, 0.25) is 0 Å². The van der Waals surface area contributed by atoms with Crippen LogP contribution in [0, 0.1) is 13.8 Å². The van der Waals surface area contributed by atoms with Gasteiger partial charge in [-0.25, -0.2) is 9.48 Å². The molecule has 0 aliphatic heterocycles. The zero-order chi connectivity index (χ0) is 22.8. The molecule has 2 heterocycles. The number of fused-ring (bicyclic) bond motifs is 1. The Balaban J connectivity index is 1.85. The van der Waals surface area contributed by atoms with Crippen molar-refractivity contribution in [1.82, 2.24) is 20.0 Å². The largest absolute Gasteiger partial charge is 0.472 e. The fraction of sp³-hybridized carbons (Fsp3) is 0.250. The first-order valence-electron chi connectivity index (χ1n) is 10.2. The lowest BCUT2D eigenvalue weighted by Crippen LogP contribution is -2.21. The summed E-state index contributed by atoms with van der Waals surface area (Å²) in [6, 6.07) is 16.7. The van der Waals surface area contributed by atoms with Crippen LogP contribution in [0.15, 0.2) is 54.6 Å². The number of esters is 1. The van der Waals surface area contributed by atoms with Crippen LogP contribution in [0.1, 0.15) is 23.1 Å². The van der Waals surface area contributed by atoms with Crippen LogP contribution in [-0.2, 0) is 9.53 Å². The molecule has 0 fully saturated rings. The lowest BCUT2D eigenvalue weighted by Gasteiger charge is -2.19. The third kappa shape index (κ3) is 3.75. The summed E-state index contributed by atoms with van der Waals surface area (Å²) in [6.07, 6.45) is -0.907. The number of para-hydroxylation sites is 2. The first kappa shape index (κ1) is 21.3. The number of aryl methyl sites for hydroxylation is 2. The number of carbonyl (C=O) groups is 1. The lowest BCUT2D eigenvalue weighted by atomic mass is 10.1. The van der Waals surface area contributed by atoms with Crippen LogP contribution in [-0.4, -0.2) is 47.2 Å². The highest BCUT2D eigenvalue weighted by Gasteiger charge is 2.26.